The lowest BCUT2D eigenvalue weighted by molar-refractivity contribution is -0.193. The molecule has 0 spiro atoms. The Morgan fingerprint density at radius 1 is 0.891 bits per heavy atom. The third kappa shape index (κ3) is 14.7. The molecule has 4 rings (SSSR count). The van der Waals surface area contributed by atoms with Crippen molar-refractivity contribution in [1.82, 2.24) is 14.9 Å². The molecule has 0 saturated carbocycles. The first-order valence-corrected chi connectivity index (χ1v) is 13.0. The lowest BCUT2D eigenvalue weighted by Gasteiger charge is -2.44. The topological polar surface area (TPSA) is 162 Å². The standard InChI is InChI=1S/C20H26N4O.3C2HF3O2/c1-2-10-22-19(5-1)23-11-7-20-8-13-25-18(20)6-12-24(16-20)15-17-4-3-9-21-14-17;3*3-2(4,5)1(6)7/h1-5,9-10,14,18H,6-8,11-13,15-16H2,(H,22,23);3*(H,6,7)/t18-,20+;;;/m1.../s1. The van der Waals surface area contributed by atoms with E-state index in [0.29, 0.717) is 6.10 Å². The van der Waals surface area contributed by atoms with E-state index in [0.717, 1.165) is 57.9 Å². The summed E-state index contributed by atoms with van der Waals surface area (Å²) in [7, 11) is 0. The van der Waals surface area contributed by atoms with E-state index in [9.17, 15) is 39.5 Å². The van der Waals surface area contributed by atoms with Gasteiger partial charge in [0.1, 0.15) is 5.82 Å². The van der Waals surface area contributed by atoms with Crippen molar-refractivity contribution in [2.45, 2.75) is 50.4 Å². The van der Waals surface area contributed by atoms with E-state index in [2.05, 4.69) is 26.3 Å². The number of anilines is 1. The normalized spacial score (nSPS) is 19.5. The van der Waals surface area contributed by atoms with Crippen LogP contribution in [0.25, 0.3) is 0 Å². The van der Waals surface area contributed by atoms with E-state index in [-0.39, 0.29) is 5.41 Å². The molecule has 0 radical (unpaired) electrons. The van der Waals surface area contributed by atoms with Crippen molar-refractivity contribution in [2.24, 2.45) is 5.41 Å². The summed E-state index contributed by atoms with van der Waals surface area (Å²) < 4.78 is 101. The molecule has 0 bridgehead atoms. The maximum atomic E-state index is 10.6. The first-order chi connectivity index (χ1) is 21.2. The van der Waals surface area contributed by atoms with Crippen LogP contribution in [0.2, 0.25) is 0 Å². The van der Waals surface area contributed by atoms with Crippen LogP contribution in [0.3, 0.4) is 0 Å². The summed E-state index contributed by atoms with van der Waals surface area (Å²) in [6, 6.07) is 10.2. The highest BCUT2D eigenvalue weighted by Gasteiger charge is 2.47. The van der Waals surface area contributed by atoms with Crippen molar-refractivity contribution in [3.8, 4) is 0 Å². The van der Waals surface area contributed by atoms with Gasteiger partial charge in [-0.05, 0) is 43.0 Å². The van der Waals surface area contributed by atoms with Crippen molar-refractivity contribution in [3.63, 3.8) is 0 Å². The van der Waals surface area contributed by atoms with E-state index in [4.69, 9.17) is 34.4 Å². The third-order valence-electron chi connectivity index (χ3n) is 6.30. The Hall–Kier alpha value is -4.20. The Kier molecular flexibility index (Phi) is 15.1. The highest BCUT2D eigenvalue weighted by molar-refractivity contribution is 5.73. The van der Waals surface area contributed by atoms with Crippen molar-refractivity contribution in [2.75, 3.05) is 31.6 Å². The van der Waals surface area contributed by atoms with Gasteiger partial charge in [-0.25, -0.2) is 19.4 Å². The van der Waals surface area contributed by atoms with Gasteiger partial charge in [0.25, 0.3) is 0 Å². The number of nitrogens with one attached hydrogen (secondary N) is 1. The van der Waals surface area contributed by atoms with E-state index < -0.39 is 36.4 Å². The van der Waals surface area contributed by atoms with Crippen molar-refractivity contribution in [3.05, 3.63) is 54.5 Å². The van der Waals surface area contributed by atoms with Gasteiger partial charge in [-0.1, -0.05) is 12.1 Å². The van der Waals surface area contributed by atoms with E-state index in [1.807, 2.05) is 42.9 Å². The smallest absolute Gasteiger partial charge is 0.475 e. The number of piperidine rings is 1. The molecule has 2 fully saturated rings. The van der Waals surface area contributed by atoms with E-state index >= 15 is 0 Å². The molecule has 0 amide bonds. The number of hydrogen-bond donors (Lipinski definition) is 4. The molecule has 4 heterocycles. The number of carbonyl (C=O) groups is 3. The fourth-order valence-electron chi connectivity index (χ4n) is 4.29. The molecule has 0 aromatic carbocycles. The number of pyridine rings is 2. The quantitative estimate of drug-likeness (QED) is 0.309. The minimum Gasteiger partial charge on any atom is -0.475 e. The second-order valence-corrected chi connectivity index (χ2v) is 9.63. The number of aliphatic carboxylic acids is 3. The molecule has 0 unspecified atom stereocenters. The summed E-state index contributed by atoms with van der Waals surface area (Å²) in [5.74, 6) is -7.31. The van der Waals surface area contributed by atoms with Crippen LogP contribution in [0.15, 0.2) is 48.9 Å². The lowest BCUT2D eigenvalue weighted by atomic mass is 9.74. The summed E-state index contributed by atoms with van der Waals surface area (Å²) in [5.41, 5.74) is 1.56. The SMILES string of the molecule is O=C(O)C(F)(F)F.O=C(O)C(F)(F)F.O=C(O)C(F)(F)F.c1ccc(NCC[C@@]23CCO[C@@H]2CCN(Cc2cccnc2)C3)nc1. The number of nitrogens with zero attached hydrogens (tertiary/aromatic N) is 3. The zero-order valence-electron chi connectivity index (χ0n) is 23.6. The van der Waals surface area contributed by atoms with Crippen LogP contribution in [0.5, 0.6) is 0 Å². The van der Waals surface area contributed by atoms with Gasteiger partial charge >= 0.3 is 36.4 Å². The molecule has 2 aromatic rings. The van der Waals surface area contributed by atoms with Crippen LogP contribution in [0, 0.1) is 5.41 Å². The van der Waals surface area contributed by atoms with E-state index in [1.165, 1.54) is 5.56 Å². The highest BCUT2D eigenvalue weighted by atomic mass is 19.4. The maximum Gasteiger partial charge on any atom is 0.490 e. The minimum absolute atomic E-state index is 0.266. The number of carboxylic acid groups (broad SMARTS) is 3. The van der Waals surface area contributed by atoms with Crippen LogP contribution in [-0.2, 0) is 25.7 Å². The second kappa shape index (κ2) is 17.5. The second-order valence-electron chi connectivity index (χ2n) is 9.63. The molecule has 258 valence electrons. The average molecular weight is 681 g/mol. The first-order valence-electron chi connectivity index (χ1n) is 13.0. The molecular weight excluding hydrogens is 651 g/mol. The number of halogens is 9. The van der Waals surface area contributed by atoms with Gasteiger partial charge in [0.05, 0.1) is 6.10 Å². The molecule has 4 N–H and O–H groups in total. The van der Waals surface area contributed by atoms with Gasteiger partial charge in [-0.15, -0.1) is 0 Å². The van der Waals surface area contributed by atoms with Crippen LogP contribution >= 0.6 is 0 Å². The third-order valence-corrected chi connectivity index (χ3v) is 6.30. The minimum atomic E-state index is -5.08. The molecule has 46 heavy (non-hydrogen) atoms. The Morgan fingerprint density at radius 2 is 1.46 bits per heavy atom. The summed E-state index contributed by atoms with van der Waals surface area (Å²) in [5, 5.41) is 24.8. The van der Waals surface area contributed by atoms with Gasteiger partial charge in [0, 0.05) is 56.8 Å². The average Bonchev–Trinajstić information content (AvgIpc) is 3.37. The number of alkyl halides is 9. The van der Waals surface area contributed by atoms with E-state index in [1.54, 1.807) is 0 Å². The van der Waals surface area contributed by atoms with Gasteiger partial charge in [0.2, 0.25) is 0 Å². The molecule has 0 aliphatic carbocycles. The molecular formula is C26H29F9N4O7. The van der Waals surface area contributed by atoms with Crippen molar-refractivity contribution in [1.29, 1.82) is 0 Å². The maximum absolute atomic E-state index is 10.6. The Labute approximate surface area is 255 Å². The zero-order valence-corrected chi connectivity index (χ0v) is 23.6. The predicted octanol–water partition coefficient (Wildman–Crippen LogP) is 4.86. The molecule has 11 nitrogen and oxygen atoms in total. The number of carboxylic acids is 3. The van der Waals surface area contributed by atoms with Gasteiger partial charge in [-0.2, -0.15) is 39.5 Å². The number of fused-ring (bicyclic) bond motifs is 1. The summed E-state index contributed by atoms with van der Waals surface area (Å²) in [6.45, 7) is 5.04. The summed E-state index contributed by atoms with van der Waals surface area (Å²) >= 11 is 0. The number of ether oxygens (including phenoxy) is 1. The van der Waals surface area contributed by atoms with Gasteiger partial charge in [-0.3, -0.25) is 9.88 Å². The predicted molar refractivity (Wildman–Crippen MR) is 139 cm³/mol. The molecule has 2 aliphatic rings. The number of hydrogen-bond acceptors (Lipinski definition) is 8. The lowest BCUT2D eigenvalue weighted by Crippen LogP contribution is -2.49. The van der Waals surface area contributed by atoms with Crippen molar-refractivity contribution < 1.29 is 74.0 Å². The Balaban J connectivity index is 0.000000413. The Bertz CT molecular complexity index is 1180. The molecule has 2 saturated heterocycles. The van der Waals surface area contributed by atoms with Crippen LogP contribution in [0.1, 0.15) is 24.8 Å². The monoisotopic (exact) mass is 680 g/mol. The van der Waals surface area contributed by atoms with Crippen molar-refractivity contribution >= 4 is 23.7 Å². The number of likely N-dealkylation sites (tertiary alicyclic amines) is 1. The number of rotatable bonds is 6. The van der Waals surface area contributed by atoms with Gasteiger partial charge in [0.15, 0.2) is 0 Å². The fourth-order valence-corrected chi connectivity index (χ4v) is 4.29. The molecule has 2 aliphatic heterocycles. The van der Waals surface area contributed by atoms with Crippen LogP contribution in [-0.4, -0.2) is 99.0 Å². The number of aromatic nitrogens is 2. The zero-order chi connectivity index (χ0) is 35.2. The Morgan fingerprint density at radius 3 is 1.91 bits per heavy atom. The van der Waals surface area contributed by atoms with Crippen LogP contribution in [0.4, 0.5) is 45.3 Å². The summed E-state index contributed by atoms with van der Waals surface area (Å²) in [6.07, 6.45) is -5.79. The largest absolute Gasteiger partial charge is 0.490 e. The summed E-state index contributed by atoms with van der Waals surface area (Å²) in [4.78, 5) is 37.9. The highest BCUT2D eigenvalue weighted by Crippen LogP contribution is 2.43. The molecule has 20 heteroatoms. The van der Waals surface area contributed by atoms with Crippen LogP contribution < -0.4 is 5.32 Å². The molecule has 2 aromatic heterocycles. The first kappa shape index (κ1) is 39.8. The van der Waals surface area contributed by atoms with Gasteiger partial charge < -0.3 is 25.4 Å². The fraction of sp³-hybridized carbons (Fsp3) is 0.500. The molecule has 2 atom stereocenters.